The van der Waals surface area contributed by atoms with Crippen molar-refractivity contribution in [3.63, 3.8) is 0 Å². The number of carbonyl (C=O) groups excluding carboxylic acids is 1. The largest absolute Gasteiger partial charge is 0.475 e. The van der Waals surface area contributed by atoms with Gasteiger partial charge in [0, 0.05) is 19.2 Å². The maximum Gasteiger partial charge on any atom is 0.371 e. The lowest BCUT2D eigenvalue weighted by Gasteiger charge is -2.29. The maximum atomic E-state index is 12.1. The number of carboxylic acids is 1. The van der Waals surface area contributed by atoms with E-state index in [1.165, 1.54) is 18.6 Å². The number of carbonyl (C=O) groups is 2. The number of furan rings is 1. The second-order valence-electron chi connectivity index (χ2n) is 4.72. The monoisotopic (exact) mass is 266 g/mol. The maximum absolute atomic E-state index is 12.1. The van der Waals surface area contributed by atoms with E-state index < -0.39 is 12.0 Å². The van der Waals surface area contributed by atoms with Crippen molar-refractivity contribution in [3.05, 3.63) is 17.9 Å². The Hall–Kier alpha value is -1.98. The summed E-state index contributed by atoms with van der Waals surface area (Å²) < 4.78 is 5.07. The minimum atomic E-state index is -1.12. The lowest BCUT2D eigenvalue weighted by Crippen LogP contribution is -2.43. The highest BCUT2D eigenvalue weighted by Gasteiger charge is 2.22. The number of likely N-dealkylation sites (tertiary alicyclic amines) is 1. The van der Waals surface area contributed by atoms with E-state index in [9.17, 15) is 9.59 Å². The van der Waals surface area contributed by atoms with Gasteiger partial charge in [-0.05, 0) is 32.3 Å². The van der Waals surface area contributed by atoms with E-state index in [4.69, 9.17) is 9.52 Å². The van der Waals surface area contributed by atoms with Crippen LogP contribution in [0.25, 0.3) is 0 Å². The summed E-state index contributed by atoms with van der Waals surface area (Å²) in [4.78, 5) is 24.7. The van der Waals surface area contributed by atoms with E-state index in [0.717, 1.165) is 25.9 Å². The smallest absolute Gasteiger partial charge is 0.371 e. The van der Waals surface area contributed by atoms with Crippen molar-refractivity contribution in [2.45, 2.75) is 32.2 Å². The van der Waals surface area contributed by atoms with Gasteiger partial charge in [-0.15, -0.1) is 0 Å². The SMILES string of the molecule is CC(Nc1ccc(C(=O)O)o1)C(=O)N1CCCCC1. The fraction of sp³-hybridized carbons (Fsp3) is 0.538. The molecule has 2 heterocycles. The van der Waals surface area contributed by atoms with Gasteiger partial charge in [-0.25, -0.2) is 4.79 Å². The molecule has 1 unspecified atom stereocenters. The first-order valence-electron chi connectivity index (χ1n) is 6.46. The number of nitrogens with zero attached hydrogens (tertiary/aromatic N) is 1. The van der Waals surface area contributed by atoms with Gasteiger partial charge in [0.15, 0.2) is 5.88 Å². The van der Waals surface area contributed by atoms with Gasteiger partial charge in [0.2, 0.25) is 11.7 Å². The Labute approximate surface area is 111 Å². The molecule has 1 aliphatic heterocycles. The molecule has 104 valence electrons. The number of rotatable bonds is 4. The summed E-state index contributed by atoms with van der Waals surface area (Å²) in [5.41, 5.74) is 0. The number of carboxylic acid groups (broad SMARTS) is 1. The van der Waals surface area contributed by atoms with Crippen LogP contribution in [0.1, 0.15) is 36.7 Å². The molecule has 1 aliphatic rings. The minimum absolute atomic E-state index is 0.0213. The van der Waals surface area contributed by atoms with Crippen molar-refractivity contribution >= 4 is 17.8 Å². The normalized spacial score (nSPS) is 17.0. The van der Waals surface area contributed by atoms with Crippen LogP contribution in [0.5, 0.6) is 0 Å². The number of aromatic carboxylic acids is 1. The molecule has 19 heavy (non-hydrogen) atoms. The molecular formula is C13H18N2O4. The molecule has 0 aliphatic carbocycles. The van der Waals surface area contributed by atoms with E-state index in [1.54, 1.807) is 6.92 Å². The van der Waals surface area contributed by atoms with Gasteiger partial charge in [0.1, 0.15) is 6.04 Å². The van der Waals surface area contributed by atoms with Crippen LogP contribution in [0.3, 0.4) is 0 Å². The summed E-state index contributed by atoms with van der Waals surface area (Å²) in [5, 5.41) is 11.6. The average Bonchev–Trinajstić information content (AvgIpc) is 2.87. The molecule has 1 amide bonds. The summed E-state index contributed by atoms with van der Waals surface area (Å²) >= 11 is 0. The minimum Gasteiger partial charge on any atom is -0.475 e. The van der Waals surface area contributed by atoms with E-state index in [-0.39, 0.29) is 11.7 Å². The first-order chi connectivity index (χ1) is 9.08. The fourth-order valence-electron chi connectivity index (χ4n) is 2.19. The van der Waals surface area contributed by atoms with Crippen LogP contribution in [0.2, 0.25) is 0 Å². The molecule has 0 radical (unpaired) electrons. The van der Waals surface area contributed by atoms with Crippen molar-refractivity contribution < 1.29 is 19.1 Å². The van der Waals surface area contributed by atoms with Crippen molar-refractivity contribution in [2.75, 3.05) is 18.4 Å². The lowest BCUT2D eigenvalue weighted by molar-refractivity contribution is -0.132. The number of amides is 1. The predicted molar refractivity (Wildman–Crippen MR) is 69.2 cm³/mol. The summed E-state index contributed by atoms with van der Waals surface area (Å²) in [6, 6.07) is 2.46. The van der Waals surface area contributed by atoms with Gasteiger partial charge >= 0.3 is 5.97 Å². The number of anilines is 1. The zero-order valence-corrected chi connectivity index (χ0v) is 10.9. The highest BCUT2D eigenvalue weighted by atomic mass is 16.4. The standard InChI is InChI=1S/C13H18N2O4/c1-9(12(16)15-7-3-2-4-8-15)14-11-6-5-10(19-11)13(17)18/h5-6,9,14H,2-4,7-8H2,1H3,(H,17,18). The van der Waals surface area contributed by atoms with E-state index in [1.807, 2.05) is 4.90 Å². The molecule has 1 fully saturated rings. The van der Waals surface area contributed by atoms with Crippen LogP contribution >= 0.6 is 0 Å². The Morgan fingerprint density at radius 2 is 2.00 bits per heavy atom. The van der Waals surface area contributed by atoms with Crippen LogP contribution in [0, 0.1) is 0 Å². The van der Waals surface area contributed by atoms with Gasteiger partial charge in [0.05, 0.1) is 0 Å². The second kappa shape index (κ2) is 5.77. The molecule has 0 spiro atoms. The molecule has 1 aromatic rings. The van der Waals surface area contributed by atoms with E-state index in [0.29, 0.717) is 5.88 Å². The third kappa shape index (κ3) is 3.27. The first kappa shape index (κ1) is 13.5. The summed E-state index contributed by atoms with van der Waals surface area (Å²) in [6.07, 6.45) is 3.26. The molecule has 6 nitrogen and oxygen atoms in total. The third-order valence-corrected chi connectivity index (χ3v) is 3.21. The van der Waals surface area contributed by atoms with Crippen LogP contribution in [0.4, 0.5) is 5.88 Å². The number of hydrogen-bond donors (Lipinski definition) is 2. The van der Waals surface area contributed by atoms with E-state index in [2.05, 4.69) is 5.32 Å². The lowest BCUT2D eigenvalue weighted by atomic mass is 10.1. The molecule has 2 rings (SSSR count). The van der Waals surface area contributed by atoms with Gasteiger partial charge in [-0.3, -0.25) is 4.79 Å². The Morgan fingerprint density at radius 1 is 1.32 bits per heavy atom. The third-order valence-electron chi connectivity index (χ3n) is 3.21. The molecule has 1 aromatic heterocycles. The Morgan fingerprint density at radius 3 is 2.58 bits per heavy atom. The molecule has 2 N–H and O–H groups in total. The van der Waals surface area contributed by atoms with Gasteiger partial charge in [0.25, 0.3) is 0 Å². The highest BCUT2D eigenvalue weighted by Crippen LogP contribution is 2.16. The second-order valence-corrected chi connectivity index (χ2v) is 4.72. The zero-order valence-electron chi connectivity index (χ0n) is 10.9. The Bertz CT molecular complexity index is 463. The first-order valence-corrected chi connectivity index (χ1v) is 6.46. The molecule has 0 saturated carbocycles. The zero-order chi connectivity index (χ0) is 13.8. The number of hydrogen-bond acceptors (Lipinski definition) is 4. The molecule has 1 atom stereocenters. The van der Waals surface area contributed by atoms with Crippen LogP contribution in [0.15, 0.2) is 16.5 Å². The predicted octanol–water partition coefficient (Wildman–Crippen LogP) is 1.79. The quantitative estimate of drug-likeness (QED) is 0.868. The molecule has 1 saturated heterocycles. The average molecular weight is 266 g/mol. The molecule has 6 heteroatoms. The van der Waals surface area contributed by atoms with Crippen molar-refractivity contribution in [3.8, 4) is 0 Å². The van der Waals surface area contributed by atoms with Crippen LogP contribution < -0.4 is 5.32 Å². The highest BCUT2D eigenvalue weighted by molar-refractivity contribution is 5.86. The Kier molecular flexibility index (Phi) is 4.09. The molecule has 0 aromatic carbocycles. The van der Waals surface area contributed by atoms with Crippen molar-refractivity contribution in [2.24, 2.45) is 0 Å². The number of nitrogens with one attached hydrogen (secondary N) is 1. The topological polar surface area (TPSA) is 82.8 Å². The summed E-state index contributed by atoms with van der Waals surface area (Å²) in [7, 11) is 0. The van der Waals surface area contributed by atoms with Gasteiger partial charge < -0.3 is 19.7 Å². The van der Waals surface area contributed by atoms with Gasteiger partial charge in [-0.2, -0.15) is 0 Å². The summed E-state index contributed by atoms with van der Waals surface area (Å²) in [5.74, 6) is -0.939. The van der Waals surface area contributed by atoms with Crippen LogP contribution in [-0.2, 0) is 4.79 Å². The Balaban J connectivity index is 1.93. The van der Waals surface area contributed by atoms with Crippen molar-refractivity contribution in [1.82, 2.24) is 4.90 Å². The molecule has 0 bridgehead atoms. The van der Waals surface area contributed by atoms with E-state index >= 15 is 0 Å². The van der Waals surface area contributed by atoms with Gasteiger partial charge in [-0.1, -0.05) is 0 Å². The number of piperidine rings is 1. The molecular weight excluding hydrogens is 248 g/mol. The fourth-order valence-corrected chi connectivity index (χ4v) is 2.19. The van der Waals surface area contributed by atoms with Crippen LogP contribution in [-0.4, -0.2) is 41.0 Å². The van der Waals surface area contributed by atoms with Crippen molar-refractivity contribution in [1.29, 1.82) is 0 Å². The summed E-state index contributed by atoms with van der Waals surface area (Å²) in [6.45, 7) is 3.34.